The normalized spacial score (nSPS) is 21.1. The van der Waals surface area contributed by atoms with Crippen molar-refractivity contribution in [1.29, 1.82) is 0 Å². The van der Waals surface area contributed by atoms with Gasteiger partial charge in [0.25, 0.3) is 0 Å². The Morgan fingerprint density at radius 2 is 1.77 bits per heavy atom. The molecule has 1 N–H and O–H groups in total. The van der Waals surface area contributed by atoms with E-state index in [4.69, 9.17) is 9.97 Å². The molecule has 0 bridgehead atoms. The van der Waals surface area contributed by atoms with Gasteiger partial charge in [-0.15, -0.1) is 0 Å². The fourth-order valence-electron chi connectivity index (χ4n) is 5.06. The summed E-state index contributed by atoms with van der Waals surface area (Å²) >= 11 is 0. The molecule has 190 valence electrons. The lowest BCUT2D eigenvalue weighted by Crippen LogP contribution is -2.32. The Balaban J connectivity index is 1.62. The molecule has 8 heteroatoms. The first kappa shape index (κ1) is 25.5. The third-order valence-electron chi connectivity index (χ3n) is 7.23. The summed E-state index contributed by atoms with van der Waals surface area (Å²) in [5.74, 6) is 2.31. The van der Waals surface area contributed by atoms with Gasteiger partial charge in [-0.3, -0.25) is 0 Å². The number of anilines is 2. The van der Waals surface area contributed by atoms with E-state index >= 15 is 0 Å². The standard InChI is InChI=1S/C27H36F3N5/c1-17(2)23-33-22-13-16-35(25-21(27(28,29)30)7-6-14-31-25)15-12-20(22)24(34-23)32-19-10-8-18(9-11-19)26(3,4)5/h6-7,12,14-15,17-19H,8-11,13,16H2,1-5H3,(H,32,33,34). The molecule has 2 aromatic rings. The molecular formula is C27H36F3N5. The maximum atomic E-state index is 13.6. The van der Waals surface area contributed by atoms with Gasteiger partial charge in [0, 0.05) is 42.9 Å². The number of alkyl halides is 3. The first-order chi connectivity index (χ1) is 16.4. The van der Waals surface area contributed by atoms with Gasteiger partial charge >= 0.3 is 6.18 Å². The summed E-state index contributed by atoms with van der Waals surface area (Å²) in [6.45, 7) is 11.4. The number of hydrogen-bond donors (Lipinski definition) is 1. The molecule has 4 rings (SSSR count). The lowest BCUT2D eigenvalue weighted by atomic mass is 9.71. The van der Waals surface area contributed by atoms with Gasteiger partial charge in [0.1, 0.15) is 17.5 Å². The third-order valence-corrected chi connectivity index (χ3v) is 7.23. The predicted octanol–water partition coefficient (Wildman–Crippen LogP) is 7.06. The van der Waals surface area contributed by atoms with E-state index in [1.165, 1.54) is 25.1 Å². The molecule has 0 radical (unpaired) electrons. The second-order valence-corrected chi connectivity index (χ2v) is 11.1. The number of halogens is 3. The molecule has 2 aliphatic rings. The topological polar surface area (TPSA) is 53.9 Å². The average Bonchev–Trinajstić information content (AvgIpc) is 3.01. The molecule has 1 aliphatic heterocycles. The Labute approximate surface area is 206 Å². The lowest BCUT2D eigenvalue weighted by Gasteiger charge is -2.37. The molecule has 0 unspecified atom stereocenters. The Bertz CT molecular complexity index is 1060. The molecule has 0 atom stereocenters. The van der Waals surface area contributed by atoms with Crippen LogP contribution in [-0.2, 0) is 12.6 Å². The number of pyridine rings is 1. The van der Waals surface area contributed by atoms with Crippen LogP contribution >= 0.6 is 0 Å². The smallest absolute Gasteiger partial charge is 0.367 e. The fourth-order valence-corrected chi connectivity index (χ4v) is 5.06. The van der Waals surface area contributed by atoms with E-state index in [1.54, 1.807) is 11.1 Å². The van der Waals surface area contributed by atoms with E-state index in [1.807, 2.05) is 6.08 Å². The van der Waals surface area contributed by atoms with E-state index in [9.17, 15) is 13.2 Å². The van der Waals surface area contributed by atoms with Gasteiger partial charge in [0.05, 0.1) is 11.3 Å². The summed E-state index contributed by atoms with van der Waals surface area (Å²) in [6, 6.07) is 2.72. The highest BCUT2D eigenvalue weighted by molar-refractivity contribution is 5.69. The van der Waals surface area contributed by atoms with Crippen molar-refractivity contribution >= 4 is 17.7 Å². The minimum Gasteiger partial charge on any atom is -0.367 e. The first-order valence-corrected chi connectivity index (χ1v) is 12.6. The van der Waals surface area contributed by atoms with Crippen LogP contribution in [0, 0.1) is 11.3 Å². The van der Waals surface area contributed by atoms with Crippen LogP contribution in [0.2, 0.25) is 0 Å². The molecule has 0 spiro atoms. The van der Waals surface area contributed by atoms with Crippen LogP contribution in [0.4, 0.5) is 24.8 Å². The van der Waals surface area contributed by atoms with Crippen molar-refractivity contribution in [1.82, 2.24) is 15.0 Å². The van der Waals surface area contributed by atoms with Gasteiger partial charge < -0.3 is 10.2 Å². The summed E-state index contributed by atoms with van der Waals surface area (Å²) in [6.07, 6.45) is 5.46. The van der Waals surface area contributed by atoms with Gasteiger partial charge in [-0.05, 0) is 55.2 Å². The van der Waals surface area contributed by atoms with E-state index in [0.29, 0.717) is 30.3 Å². The number of nitrogens with zero attached hydrogens (tertiary/aromatic N) is 4. The number of hydrogen-bond acceptors (Lipinski definition) is 5. The van der Waals surface area contributed by atoms with E-state index in [0.717, 1.165) is 41.8 Å². The quantitative estimate of drug-likeness (QED) is 0.500. The molecule has 5 nitrogen and oxygen atoms in total. The zero-order chi connectivity index (χ0) is 25.4. The molecule has 3 heterocycles. The second-order valence-electron chi connectivity index (χ2n) is 11.1. The van der Waals surface area contributed by atoms with Crippen molar-refractivity contribution in [2.45, 2.75) is 84.9 Å². The van der Waals surface area contributed by atoms with Gasteiger partial charge in [-0.1, -0.05) is 34.6 Å². The summed E-state index contributed by atoms with van der Waals surface area (Å²) < 4.78 is 40.8. The SMILES string of the molecule is CC(C)c1nc2c(c(NC3CCC(C(C)(C)C)CC3)n1)C=CN(c1ncccc1C(F)(F)F)CC2. The number of fused-ring (bicyclic) bond motifs is 1. The zero-order valence-electron chi connectivity index (χ0n) is 21.3. The summed E-state index contributed by atoms with van der Waals surface area (Å²) in [4.78, 5) is 15.3. The Hall–Kier alpha value is -2.64. The first-order valence-electron chi connectivity index (χ1n) is 12.6. The van der Waals surface area contributed by atoms with Crippen LogP contribution in [0.3, 0.4) is 0 Å². The molecule has 1 saturated carbocycles. The number of aromatic nitrogens is 3. The Morgan fingerprint density at radius 1 is 1.06 bits per heavy atom. The number of nitrogens with one attached hydrogen (secondary N) is 1. The molecule has 0 saturated heterocycles. The van der Waals surface area contributed by atoms with Crippen molar-refractivity contribution in [3.05, 3.63) is 47.2 Å². The summed E-state index contributed by atoms with van der Waals surface area (Å²) in [7, 11) is 0. The van der Waals surface area contributed by atoms with Crippen molar-refractivity contribution in [3.63, 3.8) is 0 Å². The molecule has 0 aromatic carbocycles. The molecular weight excluding hydrogens is 451 g/mol. The Kier molecular flexibility index (Phi) is 7.11. The van der Waals surface area contributed by atoms with Crippen LogP contribution < -0.4 is 10.2 Å². The van der Waals surface area contributed by atoms with Crippen molar-refractivity contribution in [2.75, 3.05) is 16.8 Å². The van der Waals surface area contributed by atoms with Crippen LogP contribution in [0.25, 0.3) is 6.08 Å². The highest BCUT2D eigenvalue weighted by atomic mass is 19.4. The van der Waals surface area contributed by atoms with E-state index in [-0.39, 0.29) is 11.7 Å². The van der Waals surface area contributed by atoms with E-state index in [2.05, 4.69) is 44.9 Å². The highest BCUT2D eigenvalue weighted by Gasteiger charge is 2.36. The molecule has 2 aromatic heterocycles. The largest absolute Gasteiger partial charge is 0.419 e. The maximum absolute atomic E-state index is 13.6. The minimum atomic E-state index is -4.47. The van der Waals surface area contributed by atoms with Crippen LogP contribution in [-0.4, -0.2) is 27.5 Å². The van der Waals surface area contributed by atoms with Crippen LogP contribution in [0.1, 0.15) is 88.9 Å². The molecule has 0 amide bonds. The minimum absolute atomic E-state index is 0.0869. The Morgan fingerprint density at radius 3 is 2.40 bits per heavy atom. The second kappa shape index (κ2) is 9.78. The van der Waals surface area contributed by atoms with Crippen molar-refractivity contribution in [2.24, 2.45) is 11.3 Å². The average molecular weight is 488 g/mol. The van der Waals surface area contributed by atoms with Gasteiger partial charge in [-0.25, -0.2) is 15.0 Å². The van der Waals surface area contributed by atoms with Crippen LogP contribution in [0.5, 0.6) is 0 Å². The molecule has 35 heavy (non-hydrogen) atoms. The van der Waals surface area contributed by atoms with Crippen LogP contribution in [0.15, 0.2) is 24.5 Å². The molecule has 1 aliphatic carbocycles. The third kappa shape index (κ3) is 5.78. The zero-order valence-corrected chi connectivity index (χ0v) is 21.3. The van der Waals surface area contributed by atoms with Crippen molar-refractivity contribution < 1.29 is 13.2 Å². The highest BCUT2D eigenvalue weighted by Crippen LogP contribution is 2.39. The predicted molar refractivity (Wildman–Crippen MR) is 134 cm³/mol. The maximum Gasteiger partial charge on any atom is 0.419 e. The van der Waals surface area contributed by atoms with Gasteiger partial charge in [0.15, 0.2) is 0 Å². The lowest BCUT2D eigenvalue weighted by molar-refractivity contribution is -0.137. The molecule has 1 fully saturated rings. The number of rotatable bonds is 4. The fraction of sp³-hybridized carbons (Fsp3) is 0.593. The van der Waals surface area contributed by atoms with E-state index < -0.39 is 11.7 Å². The summed E-state index contributed by atoms with van der Waals surface area (Å²) in [5, 5.41) is 3.68. The van der Waals surface area contributed by atoms with Gasteiger partial charge in [0.2, 0.25) is 0 Å². The van der Waals surface area contributed by atoms with Gasteiger partial charge in [-0.2, -0.15) is 13.2 Å². The van der Waals surface area contributed by atoms with Crippen molar-refractivity contribution in [3.8, 4) is 0 Å². The monoisotopic (exact) mass is 487 g/mol. The summed E-state index contributed by atoms with van der Waals surface area (Å²) in [5.41, 5.74) is 1.30.